The number of hydrogen-bond donors (Lipinski definition) is 2. The van der Waals surface area contributed by atoms with Gasteiger partial charge >= 0.3 is 0 Å². The van der Waals surface area contributed by atoms with E-state index in [0.717, 1.165) is 53.8 Å². The standard InChI is InChI=1S/C26H27FN4O2/c1-15(25-29-26(31-30-25)18-7-10-20(33-2)11-8-18)16-3-5-17(6-4-16)21-14-24(32)28-23-12-9-19(27)13-22(21)23/h7-17H,3-6H2,1-2H3,(H,28,32)(H,29,30,31)/t15-,16?,17?/m1/s1. The van der Waals surface area contributed by atoms with Crippen molar-refractivity contribution in [2.45, 2.75) is 44.4 Å². The molecule has 0 spiro atoms. The Bertz CT molecular complexity index is 1320. The third-order valence-corrected chi connectivity index (χ3v) is 7.04. The second-order valence-corrected chi connectivity index (χ2v) is 8.95. The van der Waals surface area contributed by atoms with E-state index in [1.54, 1.807) is 19.2 Å². The summed E-state index contributed by atoms with van der Waals surface area (Å²) in [5.74, 6) is 3.08. The Morgan fingerprint density at radius 1 is 1.06 bits per heavy atom. The third-order valence-electron chi connectivity index (χ3n) is 7.04. The van der Waals surface area contributed by atoms with Crippen molar-refractivity contribution in [2.24, 2.45) is 5.92 Å². The molecule has 170 valence electrons. The molecule has 0 radical (unpaired) electrons. The molecular formula is C26H27FN4O2. The predicted octanol–water partition coefficient (Wildman–Crippen LogP) is 5.54. The summed E-state index contributed by atoms with van der Waals surface area (Å²) >= 11 is 0. The molecular weight excluding hydrogens is 419 g/mol. The highest BCUT2D eigenvalue weighted by molar-refractivity contribution is 5.82. The number of ether oxygens (including phenoxy) is 1. The Hall–Kier alpha value is -3.48. The van der Waals surface area contributed by atoms with Crippen molar-refractivity contribution in [1.29, 1.82) is 0 Å². The monoisotopic (exact) mass is 446 g/mol. The second-order valence-electron chi connectivity index (χ2n) is 8.95. The molecule has 2 aromatic carbocycles. The quantitative estimate of drug-likeness (QED) is 0.422. The second kappa shape index (κ2) is 8.81. The number of nitrogens with one attached hydrogen (secondary N) is 2. The highest BCUT2D eigenvalue weighted by atomic mass is 19.1. The Morgan fingerprint density at radius 2 is 1.82 bits per heavy atom. The zero-order valence-electron chi connectivity index (χ0n) is 18.8. The van der Waals surface area contributed by atoms with Gasteiger partial charge in [0.2, 0.25) is 5.56 Å². The molecule has 1 aliphatic rings. The van der Waals surface area contributed by atoms with E-state index in [9.17, 15) is 9.18 Å². The number of H-pyrrole nitrogens is 2. The Balaban J connectivity index is 1.30. The molecule has 2 heterocycles. The highest BCUT2D eigenvalue weighted by Gasteiger charge is 2.29. The van der Waals surface area contributed by atoms with E-state index in [2.05, 4.69) is 22.1 Å². The summed E-state index contributed by atoms with van der Waals surface area (Å²) in [4.78, 5) is 19.7. The Morgan fingerprint density at radius 3 is 2.55 bits per heavy atom. The summed E-state index contributed by atoms with van der Waals surface area (Å²) in [5.41, 5.74) is 2.47. The summed E-state index contributed by atoms with van der Waals surface area (Å²) in [6.45, 7) is 2.20. The van der Waals surface area contributed by atoms with Crippen molar-refractivity contribution in [2.75, 3.05) is 7.11 Å². The molecule has 1 fully saturated rings. The number of nitrogens with zero attached hydrogens (tertiary/aromatic N) is 2. The lowest BCUT2D eigenvalue weighted by atomic mass is 9.73. The van der Waals surface area contributed by atoms with Crippen LogP contribution < -0.4 is 10.3 Å². The van der Waals surface area contributed by atoms with E-state index in [1.165, 1.54) is 12.1 Å². The number of halogens is 1. The summed E-state index contributed by atoms with van der Waals surface area (Å²) < 4.78 is 19.1. The average molecular weight is 447 g/mol. The molecule has 33 heavy (non-hydrogen) atoms. The first kappa shape index (κ1) is 21.4. The molecule has 7 heteroatoms. The van der Waals surface area contributed by atoms with Gasteiger partial charge in [0.25, 0.3) is 0 Å². The fourth-order valence-corrected chi connectivity index (χ4v) is 5.09. The number of pyridine rings is 1. The molecule has 0 saturated heterocycles. The SMILES string of the molecule is COc1ccc(-c2n[nH]c([C@H](C)C3CCC(c4cc(=O)[nH]c5ccc(F)cc45)CC3)n2)cc1. The van der Waals surface area contributed by atoms with Gasteiger partial charge in [-0.05, 0) is 85.5 Å². The van der Waals surface area contributed by atoms with Crippen LogP contribution >= 0.6 is 0 Å². The van der Waals surface area contributed by atoms with Crippen LogP contribution in [0, 0.1) is 11.7 Å². The number of aromatic amines is 2. The van der Waals surface area contributed by atoms with Gasteiger partial charge in [0.1, 0.15) is 17.4 Å². The summed E-state index contributed by atoms with van der Waals surface area (Å²) in [6.07, 6.45) is 3.97. The first-order valence-corrected chi connectivity index (χ1v) is 11.4. The van der Waals surface area contributed by atoms with E-state index >= 15 is 0 Å². The molecule has 0 amide bonds. The van der Waals surface area contributed by atoms with Gasteiger partial charge in [0.05, 0.1) is 7.11 Å². The van der Waals surface area contributed by atoms with E-state index in [0.29, 0.717) is 17.3 Å². The maximum atomic E-state index is 13.9. The third kappa shape index (κ3) is 4.27. The Labute approximate surface area is 191 Å². The van der Waals surface area contributed by atoms with Crippen molar-refractivity contribution in [3.8, 4) is 17.1 Å². The largest absolute Gasteiger partial charge is 0.497 e. The van der Waals surface area contributed by atoms with Crippen LogP contribution in [-0.4, -0.2) is 27.3 Å². The summed E-state index contributed by atoms with van der Waals surface area (Å²) in [7, 11) is 1.65. The van der Waals surface area contributed by atoms with Gasteiger partial charge in [0.15, 0.2) is 5.82 Å². The fraction of sp³-hybridized carbons (Fsp3) is 0.346. The van der Waals surface area contributed by atoms with E-state index in [1.807, 2.05) is 24.3 Å². The number of methoxy groups -OCH3 is 1. The van der Waals surface area contributed by atoms with Crippen LogP contribution in [0.25, 0.3) is 22.3 Å². The number of hydrogen-bond acceptors (Lipinski definition) is 4. The maximum Gasteiger partial charge on any atom is 0.248 e. The van der Waals surface area contributed by atoms with Crippen LogP contribution in [0.15, 0.2) is 53.3 Å². The van der Waals surface area contributed by atoms with Crippen LogP contribution in [0.4, 0.5) is 4.39 Å². The molecule has 0 bridgehead atoms. The van der Waals surface area contributed by atoms with Gasteiger partial charge in [-0.25, -0.2) is 9.37 Å². The molecule has 0 unspecified atom stereocenters. The molecule has 1 aliphatic carbocycles. The topological polar surface area (TPSA) is 83.7 Å². The van der Waals surface area contributed by atoms with Crippen molar-refractivity contribution in [1.82, 2.24) is 20.2 Å². The molecule has 4 aromatic rings. The summed E-state index contributed by atoms with van der Waals surface area (Å²) in [5, 5.41) is 8.36. The minimum atomic E-state index is -0.281. The number of rotatable bonds is 5. The van der Waals surface area contributed by atoms with Gasteiger partial charge in [-0.15, -0.1) is 0 Å². The molecule has 0 aliphatic heterocycles. The first-order valence-electron chi connectivity index (χ1n) is 11.4. The van der Waals surface area contributed by atoms with E-state index in [4.69, 9.17) is 9.72 Å². The van der Waals surface area contributed by atoms with Gasteiger partial charge < -0.3 is 9.72 Å². The lowest BCUT2D eigenvalue weighted by molar-refractivity contribution is 0.286. The van der Waals surface area contributed by atoms with Crippen molar-refractivity contribution >= 4 is 10.9 Å². The first-order chi connectivity index (χ1) is 16.0. The van der Waals surface area contributed by atoms with Crippen LogP contribution in [0.3, 0.4) is 0 Å². The molecule has 1 atom stereocenters. The van der Waals surface area contributed by atoms with E-state index < -0.39 is 0 Å². The smallest absolute Gasteiger partial charge is 0.248 e. The van der Waals surface area contributed by atoms with Crippen LogP contribution in [0.1, 0.15) is 55.8 Å². The van der Waals surface area contributed by atoms with Gasteiger partial charge in [0, 0.05) is 28.5 Å². The molecule has 2 aromatic heterocycles. The highest BCUT2D eigenvalue weighted by Crippen LogP contribution is 2.42. The summed E-state index contributed by atoms with van der Waals surface area (Å²) in [6, 6.07) is 13.9. The molecule has 2 N–H and O–H groups in total. The zero-order chi connectivity index (χ0) is 22.9. The molecule has 5 rings (SSSR count). The molecule has 1 saturated carbocycles. The predicted molar refractivity (Wildman–Crippen MR) is 126 cm³/mol. The van der Waals surface area contributed by atoms with Gasteiger partial charge in [-0.1, -0.05) is 6.92 Å². The van der Waals surface area contributed by atoms with Crippen molar-refractivity contribution in [3.63, 3.8) is 0 Å². The van der Waals surface area contributed by atoms with Crippen molar-refractivity contribution in [3.05, 3.63) is 76.1 Å². The maximum absolute atomic E-state index is 13.9. The number of fused-ring (bicyclic) bond motifs is 1. The van der Waals surface area contributed by atoms with Crippen molar-refractivity contribution < 1.29 is 9.13 Å². The minimum Gasteiger partial charge on any atom is -0.497 e. The van der Waals surface area contributed by atoms with E-state index in [-0.39, 0.29) is 23.2 Å². The minimum absolute atomic E-state index is 0.132. The van der Waals surface area contributed by atoms with Gasteiger partial charge in [-0.3, -0.25) is 9.89 Å². The molecule has 6 nitrogen and oxygen atoms in total. The zero-order valence-corrected chi connectivity index (χ0v) is 18.8. The average Bonchev–Trinajstić information content (AvgIpc) is 3.34. The van der Waals surface area contributed by atoms with Crippen LogP contribution in [0.2, 0.25) is 0 Å². The van der Waals surface area contributed by atoms with Crippen LogP contribution in [0.5, 0.6) is 5.75 Å². The lowest BCUT2D eigenvalue weighted by Crippen LogP contribution is -2.20. The van der Waals surface area contributed by atoms with Gasteiger partial charge in [-0.2, -0.15) is 5.10 Å². The number of benzene rings is 2. The lowest BCUT2D eigenvalue weighted by Gasteiger charge is -2.32. The number of aromatic nitrogens is 4. The van der Waals surface area contributed by atoms with Crippen LogP contribution in [-0.2, 0) is 0 Å². The fourth-order valence-electron chi connectivity index (χ4n) is 5.09. The normalized spacial score (nSPS) is 19.5. The Kier molecular flexibility index (Phi) is 5.70.